The van der Waals surface area contributed by atoms with Crippen molar-refractivity contribution in [3.8, 4) is 11.5 Å². The number of thiocarbonyl (C=S) groups is 1. The molecule has 168 valence electrons. The Balaban J connectivity index is 1.53. The predicted octanol–water partition coefficient (Wildman–Crippen LogP) is 3.35. The number of nitrogens with one attached hydrogen (secondary N) is 2. The number of nitrogens with zero attached hydrogens (tertiary/aromatic N) is 1. The van der Waals surface area contributed by atoms with Crippen LogP contribution in [0.25, 0.3) is 10.9 Å². The molecule has 7 nitrogen and oxygen atoms in total. The molecule has 0 radical (unpaired) electrons. The Bertz CT molecular complexity index is 971. The molecule has 0 amide bonds. The van der Waals surface area contributed by atoms with Gasteiger partial charge in [0.2, 0.25) is 0 Å². The van der Waals surface area contributed by atoms with Crippen LogP contribution in [0.4, 0.5) is 0 Å². The monoisotopic (exact) mass is 445 g/mol. The lowest BCUT2D eigenvalue weighted by Crippen LogP contribution is -2.45. The third kappa shape index (κ3) is 5.30. The number of ether oxygens (including phenoxy) is 3. The predicted molar refractivity (Wildman–Crippen MR) is 125 cm³/mol. The fraction of sp³-hybridized carbons (Fsp3) is 0.565. The normalized spacial score (nSPS) is 15.9. The number of hydrogen-bond acceptors (Lipinski definition) is 5. The summed E-state index contributed by atoms with van der Waals surface area (Å²) in [5.74, 6) is 1.39. The van der Waals surface area contributed by atoms with E-state index in [0.717, 1.165) is 55.7 Å². The maximum Gasteiger partial charge on any atom is 0.253 e. The summed E-state index contributed by atoms with van der Waals surface area (Å²) in [4.78, 5) is 18.1. The molecule has 0 unspecified atom stereocenters. The molecule has 1 aliphatic carbocycles. The van der Waals surface area contributed by atoms with Gasteiger partial charge in [0.15, 0.2) is 16.6 Å². The highest BCUT2D eigenvalue weighted by Gasteiger charge is 2.25. The van der Waals surface area contributed by atoms with E-state index in [4.69, 9.17) is 26.4 Å². The summed E-state index contributed by atoms with van der Waals surface area (Å²) in [6.07, 6.45) is 5.50. The van der Waals surface area contributed by atoms with Crippen molar-refractivity contribution < 1.29 is 14.2 Å². The molecular formula is C23H31N3O4S. The highest BCUT2D eigenvalue weighted by atomic mass is 32.1. The Kier molecular flexibility index (Phi) is 7.29. The van der Waals surface area contributed by atoms with Crippen molar-refractivity contribution in [2.75, 3.05) is 33.0 Å². The third-order valence-corrected chi connectivity index (χ3v) is 6.28. The molecular weight excluding hydrogens is 414 g/mol. The van der Waals surface area contributed by atoms with Gasteiger partial charge in [-0.05, 0) is 50.5 Å². The number of aromatic amines is 1. The van der Waals surface area contributed by atoms with Crippen LogP contribution in [0.3, 0.4) is 0 Å². The fourth-order valence-corrected chi connectivity index (χ4v) is 4.60. The van der Waals surface area contributed by atoms with Gasteiger partial charge in [0.1, 0.15) is 13.2 Å². The zero-order valence-corrected chi connectivity index (χ0v) is 18.9. The SMILES string of the molecule is CCOCCCNC(=S)N(Cc1cc2cc3c(cc2[nH]c1=O)OCCO3)C1CCCC1. The molecule has 2 heterocycles. The van der Waals surface area contributed by atoms with Crippen molar-refractivity contribution in [3.63, 3.8) is 0 Å². The number of fused-ring (bicyclic) bond motifs is 2. The minimum absolute atomic E-state index is 0.0914. The van der Waals surface area contributed by atoms with Crippen LogP contribution in [0.2, 0.25) is 0 Å². The van der Waals surface area contributed by atoms with Crippen LogP contribution in [-0.2, 0) is 11.3 Å². The summed E-state index contributed by atoms with van der Waals surface area (Å²) in [7, 11) is 0. The van der Waals surface area contributed by atoms with E-state index in [1.807, 2.05) is 25.1 Å². The molecule has 31 heavy (non-hydrogen) atoms. The van der Waals surface area contributed by atoms with Crippen molar-refractivity contribution in [2.24, 2.45) is 0 Å². The lowest BCUT2D eigenvalue weighted by Gasteiger charge is -2.31. The first-order valence-electron chi connectivity index (χ1n) is 11.2. The number of aromatic nitrogens is 1. The molecule has 1 fully saturated rings. The van der Waals surface area contributed by atoms with Gasteiger partial charge in [0.25, 0.3) is 5.56 Å². The van der Waals surface area contributed by atoms with Crippen LogP contribution in [0.5, 0.6) is 11.5 Å². The smallest absolute Gasteiger partial charge is 0.253 e. The van der Waals surface area contributed by atoms with Gasteiger partial charge in [-0.15, -0.1) is 0 Å². The number of benzene rings is 1. The third-order valence-electron chi connectivity index (χ3n) is 5.90. The van der Waals surface area contributed by atoms with Crippen LogP contribution in [-0.4, -0.2) is 54.0 Å². The Morgan fingerprint density at radius 2 is 1.97 bits per heavy atom. The van der Waals surface area contributed by atoms with Crippen molar-refractivity contribution in [2.45, 2.75) is 51.6 Å². The van der Waals surface area contributed by atoms with E-state index in [9.17, 15) is 4.79 Å². The lowest BCUT2D eigenvalue weighted by molar-refractivity contribution is 0.145. The van der Waals surface area contributed by atoms with E-state index in [-0.39, 0.29) is 5.56 Å². The van der Waals surface area contributed by atoms with E-state index >= 15 is 0 Å². The summed E-state index contributed by atoms with van der Waals surface area (Å²) in [6.45, 7) is 5.75. The highest BCUT2D eigenvalue weighted by molar-refractivity contribution is 7.80. The zero-order chi connectivity index (χ0) is 21.6. The molecule has 2 aliphatic rings. The number of rotatable bonds is 8. The molecule has 4 rings (SSSR count). The van der Waals surface area contributed by atoms with Gasteiger partial charge in [-0.25, -0.2) is 0 Å². The van der Waals surface area contributed by atoms with Crippen molar-refractivity contribution >= 4 is 28.2 Å². The first-order chi connectivity index (χ1) is 15.2. The minimum atomic E-state index is -0.0914. The standard InChI is InChI=1S/C23H31N3O4S/c1-2-28-9-5-8-24-23(31)26(18-6-3-4-7-18)15-17-12-16-13-20-21(30-11-10-29-20)14-19(16)25-22(17)27/h12-14,18H,2-11,15H2,1H3,(H,24,31)(H,25,27). The lowest BCUT2D eigenvalue weighted by atomic mass is 10.1. The van der Waals surface area contributed by atoms with E-state index < -0.39 is 0 Å². The molecule has 1 aliphatic heterocycles. The Morgan fingerprint density at radius 1 is 1.23 bits per heavy atom. The van der Waals surface area contributed by atoms with E-state index in [2.05, 4.69) is 15.2 Å². The van der Waals surface area contributed by atoms with E-state index in [1.165, 1.54) is 12.8 Å². The molecule has 0 spiro atoms. The summed E-state index contributed by atoms with van der Waals surface area (Å²) in [5, 5.41) is 5.01. The maximum atomic E-state index is 12.9. The van der Waals surface area contributed by atoms with Gasteiger partial charge in [-0.3, -0.25) is 4.79 Å². The number of H-pyrrole nitrogens is 1. The number of pyridine rings is 1. The first kappa shape index (κ1) is 21.9. The van der Waals surface area contributed by atoms with E-state index in [1.54, 1.807) is 0 Å². The van der Waals surface area contributed by atoms with Gasteiger partial charge >= 0.3 is 0 Å². The largest absolute Gasteiger partial charge is 0.486 e. The molecule has 1 saturated carbocycles. The molecule has 2 N–H and O–H groups in total. The number of hydrogen-bond donors (Lipinski definition) is 2. The van der Waals surface area contributed by atoms with E-state index in [0.29, 0.717) is 42.2 Å². The summed E-state index contributed by atoms with van der Waals surface area (Å²) < 4.78 is 16.7. The highest BCUT2D eigenvalue weighted by Crippen LogP contribution is 2.34. The maximum absolute atomic E-state index is 12.9. The van der Waals surface area contributed by atoms with Gasteiger partial charge in [0.05, 0.1) is 12.1 Å². The molecule has 1 aromatic carbocycles. The van der Waals surface area contributed by atoms with Crippen molar-refractivity contribution in [1.82, 2.24) is 15.2 Å². The fourth-order valence-electron chi connectivity index (χ4n) is 4.29. The van der Waals surface area contributed by atoms with Crippen LogP contribution in [0.1, 0.15) is 44.6 Å². The topological polar surface area (TPSA) is 75.8 Å². The molecule has 0 saturated heterocycles. The summed E-state index contributed by atoms with van der Waals surface area (Å²) in [5.41, 5.74) is 1.36. The second-order valence-electron chi connectivity index (χ2n) is 8.06. The van der Waals surface area contributed by atoms with Gasteiger partial charge in [0, 0.05) is 42.8 Å². The average Bonchev–Trinajstić information content (AvgIpc) is 3.30. The average molecular weight is 446 g/mol. The van der Waals surface area contributed by atoms with Crippen molar-refractivity contribution in [3.05, 3.63) is 34.1 Å². The first-order valence-corrected chi connectivity index (χ1v) is 11.6. The Labute approximate surface area is 188 Å². The summed E-state index contributed by atoms with van der Waals surface area (Å²) >= 11 is 5.73. The van der Waals surface area contributed by atoms with Crippen LogP contribution in [0, 0.1) is 0 Å². The molecule has 8 heteroatoms. The second kappa shape index (κ2) is 10.3. The molecule has 0 atom stereocenters. The minimum Gasteiger partial charge on any atom is -0.486 e. The van der Waals surface area contributed by atoms with Crippen LogP contribution < -0.4 is 20.3 Å². The van der Waals surface area contributed by atoms with Crippen molar-refractivity contribution in [1.29, 1.82) is 0 Å². The second-order valence-corrected chi connectivity index (χ2v) is 8.44. The molecule has 2 aromatic rings. The summed E-state index contributed by atoms with van der Waals surface area (Å²) in [6, 6.07) is 6.09. The van der Waals surface area contributed by atoms with Gasteiger partial charge in [-0.1, -0.05) is 12.8 Å². The van der Waals surface area contributed by atoms with Gasteiger partial charge < -0.3 is 29.4 Å². The Morgan fingerprint density at radius 3 is 2.71 bits per heavy atom. The quantitative estimate of drug-likeness (QED) is 0.477. The molecule has 1 aromatic heterocycles. The van der Waals surface area contributed by atoms with Gasteiger partial charge in [-0.2, -0.15) is 0 Å². The molecule has 0 bridgehead atoms. The van der Waals surface area contributed by atoms with Crippen LogP contribution >= 0.6 is 12.2 Å². The zero-order valence-electron chi connectivity index (χ0n) is 18.1. The van der Waals surface area contributed by atoms with Crippen LogP contribution in [0.15, 0.2) is 23.0 Å². The Hall–Kier alpha value is -2.32.